The van der Waals surface area contributed by atoms with Crippen LogP contribution in [-0.4, -0.2) is 24.0 Å². The number of carbonyl (C=O) groups is 1. The number of quaternary nitrogens is 1. The molecule has 2 aromatic carbocycles. The second kappa shape index (κ2) is 8.38. The molecule has 2 N–H and O–H groups in total. The Morgan fingerprint density at radius 2 is 2.00 bits per heavy atom. The summed E-state index contributed by atoms with van der Waals surface area (Å²) < 4.78 is 1.23. The van der Waals surface area contributed by atoms with Gasteiger partial charge in [-0.05, 0) is 42.7 Å². The van der Waals surface area contributed by atoms with Gasteiger partial charge in [-0.25, -0.2) is 4.98 Å². The molecule has 1 aliphatic rings. The summed E-state index contributed by atoms with van der Waals surface area (Å²) in [5.74, 6) is 0.0907. The summed E-state index contributed by atoms with van der Waals surface area (Å²) in [5.41, 5.74) is 2.12. The normalized spacial score (nSPS) is 19.9. The third-order valence-corrected chi connectivity index (χ3v) is 6.53. The van der Waals surface area contributed by atoms with Crippen LogP contribution in [0, 0.1) is 0 Å². The van der Waals surface area contributed by atoms with Gasteiger partial charge >= 0.3 is 0 Å². The Bertz CT molecular complexity index is 892. The molecule has 3 aromatic rings. The van der Waals surface area contributed by atoms with Gasteiger partial charge in [-0.1, -0.05) is 35.9 Å². The summed E-state index contributed by atoms with van der Waals surface area (Å²) in [6.07, 6.45) is 3.47. The summed E-state index contributed by atoms with van der Waals surface area (Å²) >= 11 is 7.68. The maximum atomic E-state index is 12.5. The van der Waals surface area contributed by atoms with Gasteiger partial charge in [0.1, 0.15) is 6.04 Å². The molecule has 0 bridgehead atoms. The van der Waals surface area contributed by atoms with Crippen molar-refractivity contribution in [1.82, 2.24) is 10.3 Å². The molecular formula is C21H23ClN3OS+. The Morgan fingerprint density at radius 3 is 2.81 bits per heavy atom. The predicted octanol–water partition coefficient (Wildman–Crippen LogP) is 3.38. The lowest BCUT2D eigenvalue weighted by molar-refractivity contribution is -0.929. The van der Waals surface area contributed by atoms with Crippen LogP contribution in [0.25, 0.3) is 10.2 Å². The number of halogens is 1. The number of amides is 1. The first-order chi connectivity index (χ1) is 13.2. The lowest BCUT2D eigenvalue weighted by atomic mass is 10.0. The molecule has 2 atom stereocenters. The standard InChI is InChI=1S/C21H22ClN3OS/c22-16-10-8-15(9-11-16)13-23-20(26)14-25-12-4-3-6-18(25)21-24-17-5-1-2-7-19(17)27-21/h1-2,5,7-11,18H,3-4,6,12-14H2,(H,23,26)/p+1/t18-/m0/s1. The van der Waals surface area contributed by atoms with Gasteiger partial charge in [-0.3, -0.25) is 4.79 Å². The van der Waals surface area contributed by atoms with Crippen LogP contribution in [0.4, 0.5) is 0 Å². The van der Waals surface area contributed by atoms with Gasteiger partial charge < -0.3 is 10.2 Å². The van der Waals surface area contributed by atoms with Crippen LogP contribution in [-0.2, 0) is 11.3 Å². The van der Waals surface area contributed by atoms with E-state index in [0.717, 1.165) is 29.1 Å². The Balaban J connectivity index is 1.41. The van der Waals surface area contributed by atoms with Crippen LogP contribution < -0.4 is 10.2 Å². The lowest BCUT2D eigenvalue weighted by Gasteiger charge is -2.30. The highest BCUT2D eigenvalue weighted by atomic mass is 35.5. The van der Waals surface area contributed by atoms with E-state index in [4.69, 9.17) is 16.6 Å². The summed E-state index contributed by atoms with van der Waals surface area (Å²) in [4.78, 5) is 18.7. The summed E-state index contributed by atoms with van der Waals surface area (Å²) in [6.45, 7) is 2.05. The minimum atomic E-state index is 0.0907. The van der Waals surface area contributed by atoms with E-state index in [0.29, 0.717) is 24.2 Å². The topological polar surface area (TPSA) is 46.4 Å². The van der Waals surface area contributed by atoms with Gasteiger partial charge in [0.2, 0.25) is 0 Å². The number of nitrogens with zero attached hydrogens (tertiary/aromatic N) is 1. The minimum absolute atomic E-state index is 0.0907. The van der Waals surface area contributed by atoms with E-state index in [1.807, 2.05) is 30.3 Å². The highest BCUT2D eigenvalue weighted by Crippen LogP contribution is 2.28. The number of benzene rings is 2. The number of thiazole rings is 1. The third kappa shape index (κ3) is 4.49. The van der Waals surface area contributed by atoms with Crippen LogP contribution in [0.5, 0.6) is 0 Å². The van der Waals surface area contributed by atoms with Crippen LogP contribution in [0.3, 0.4) is 0 Å². The summed E-state index contributed by atoms with van der Waals surface area (Å²) in [6, 6.07) is 16.2. The predicted molar refractivity (Wildman–Crippen MR) is 110 cm³/mol. The number of para-hydroxylation sites is 1. The van der Waals surface area contributed by atoms with E-state index in [2.05, 4.69) is 23.5 Å². The molecule has 1 amide bonds. The second-order valence-electron chi connectivity index (χ2n) is 7.06. The summed E-state index contributed by atoms with van der Waals surface area (Å²) in [7, 11) is 0. The zero-order chi connectivity index (χ0) is 18.6. The number of fused-ring (bicyclic) bond motifs is 1. The molecular weight excluding hydrogens is 378 g/mol. The lowest BCUT2D eigenvalue weighted by Crippen LogP contribution is -3.14. The third-order valence-electron chi connectivity index (χ3n) is 5.13. The molecule has 27 heavy (non-hydrogen) atoms. The number of carbonyl (C=O) groups excluding carboxylic acids is 1. The molecule has 1 aromatic heterocycles. The van der Waals surface area contributed by atoms with Crippen molar-refractivity contribution in [1.29, 1.82) is 0 Å². The van der Waals surface area contributed by atoms with Gasteiger partial charge in [0, 0.05) is 18.0 Å². The maximum absolute atomic E-state index is 12.5. The second-order valence-corrected chi connectivity index (χ2v) is 8.56. The van der Waals surface area contributed by atoms with E-state index in [-0.39, 0.29) is 5.91 Å². The average molecular weight is 401 g/mol. The van der Waals surface area contributed by atoms with Crippen LogP contribution >= 0.6 is 22.9 Å². The largest absolute Gasteiger partial charge is 0.347 e. The van der Waals surface area contributed by atoms with Gasteiger partial charge in [-0.2, -0.15) is 0 Å². The average Bonchev–Trinajstić information content (AvgIpc) is 3.12. The van der Waals surface area contributed by atoms with Crippen molar-refractivity contribution in [3.63, 3.8) is 0 Å². The quantitative estimate of drug-likeness (QED) is 0.689. The van der Waals surface area contributed by atoms with Crippen LogP contribution in [0.15, 0.2) is 48.5 Å². The number of hydrogen-bond donors (Lipinski definition) is 2. The van der Waals surface area contributed by atoms with Gasteiger partial charge in [0.25, 0.3) is 5.91 Å². The molecule has 1 saturated heterocycles. The summed E-state index contributed by atoms with van der Waals surface area (Å²) in [5, 5.41) is 4.92. The highest BCUT2D eigenvalue weighted by Gasteiger charge is 2.31. The van der Waals surface area contributed by atoms with E-state index in [1.54, 1.807) is 11.3 Å². The fourth-order valence-electron chi connectivity index (χ4n) is 3.70. The Kier molecular flexibility index (Phi) is 5.72. The number of likely N-dealkylation sites (tertiary alicyclic amines) is 1. The molecule has 2 heterocycles. The van der Waals surface area contributed by atoms with Crippen molar-refractivity contribution in [2.75, 3.05) is 13.1 Å². The van der Waals surface area contributed by atoms with Crippen molar-refractivity contribution in [2.45, 2.75) is 31.8 Å². The number of nitrogens with one attached hydrogen (secondary N) is 2. The fraction of sp³-hybridized carbons (Fsp3) is 0.333. The van der Waals surface area contributed by atoms with E-state index < -0.39 is 0 Å². The van der Waals surface area contributed by atoms with Crippen molar-refractivity contribution in [3.05, 3.63) is 64.1 Å². The zero-order valence-corrected chi connectivity index (χ0v) is 16.7. The molecule has 4 nitrogen and oxygen atoms in total. The Labute approximate surface area is 168 Å². The van der Waals surface area contributed by atoms with Crippen LogP contribution in [0.1, 0.15) is 35.9 Å². The first-order valence-electron chi connectivity index (χ1n) is 9.40. The molecule has 4 rings (SSSR count). The Hall–Kier alpha value is -1.95. The Morgan fingerprint density at radius 1 is 1.19 bits per heavy atom. The molecule has 6 heteroatoms. The fourth-order valence-corrected chi connectivity index (χ4v) is 4.99. The minimum Gasteiger partial charge on any atom is -0.347 e. The molecule has 1 unspecified atom stereocenters. The van der Waals surface area contributed by atoms with Crippen molar-refractivity contribution < 1.29 is 9.69 Å². The van der Waals surface area contributed by atoms with E-state index in [1.165, 1.54) is 22.4 Å². The van der Waals surface area contributed by atoms with Crippen molar-refractivity contribution >= 4 is 39.1 Å². The van der Waals surface area contributed by atoms with E-state index >= 15 is 0 Å². The van der Waals surface area contributed by atoms with Gasteiger partial charge in [0.05, 0.1) is 16.8 Å². The number of hydrogen-bond acceptors (Lipinski definition) is 3. The number of aromatic nitrogens is 1. The molecule has 0 saturated carbocycles. The monoisotopic (exact) mass is 400 g/mol. The van der Waals surface area contributed by atoms with Gasteiger partial charge in [0.15, 0.2) is 11.6 Å². The SMILES string of the molecule is O=C(C[NH+]1CCCC[C@H]1c1nc2ccccc2s1)NCc1ccc(Cl)cc1. The first kappa shape index (κ1) is 18.4. The molecule has 0 radical (unpaired) electrons. The first-order valence-corrected chi connectivity index (χ1v) is 10.6. The number of piperidine rings is 1. The molecule has 1 fully saturated rings. The van der Waals surface area contributed by atoms with Crippen molar-refractivity contribution in [2.24, 2.45) is 0 Å². The van der Waals surface area contributed by atoms with Crippen molar-refractivity contribution in [3.8, 4) is 0 Å². The maximum Gasteiger partial charge on any atom is 0.275 e. The van der Waals surface area contributed by atoms with Crippen LogP contribution in [0.2, 0.25) is 5.02 Å². The highest BCUT2D eigenvalue weighted by molar-refractivity contribution is 7.18. The molecule has 0 aliphatic carbocycles. The smallest absolute Gasteiger partial charge is 0.275 e. The molecule has 1 aliphatic heterocycles. The molecule has 0 spiro atoms. The molecule has 140 valence electrons. The zero-order valence-electron chi connectivity index (χ0n) is 15.1. The number of rotatable bonds is 5. The van der Waals surface area contributed by atoms with E-state index in [9.17, 15) is 4.79 Å². The van der Waals surface area contributed by atoms with Gasteiger partial charge in [-0.15, -0.1) is 11.3 Å².